The van der Waals surface area contributed by atoms with Crippen molar-refractivity contribution in [2.45, 2.75) is 56.1 Å². The summed E-state index contributed by atoms with van der Waals surface area (Å²) in [6.07, 6.45) is 4.18. The van der Waals surface area contributed by atoms with Crippen LogP contribution in [-0.4, -0.2) is 60.4 Å². The van der Waals surface area contributed by atoms with Gasteiger partial charge in [0.05, 0.1) is 11.4 Å². The van der Waals surface area contributed by atoms with Crippen LogP contribution in [0.15, 0.2) is 90.5 Å². The highest BCUT2D eigenvalue weighted by molar-refractivity contribution is 7.90. The number of likely N-dealkylation sites (tertiary alicyclic amines) is 1. The van der Waals surface area contributed by atoms with E-state index in [1.54, 1.807) is 56.1 Å². The molecule has 47 heavy (non-hydrogen) atoms. The average molecular weight is 657 g/mol. The summed E-state index contributed by atoms with van der Waals surface area (Å²) < 4.78 is 34.7. The molecule has 1 saturated heterocycles. The molecule has 1 aliphatic carbocycles. The largest absolute Gasteiger partial charge is 0.444 e. The lowest BCUT2D eigenvalue weighted by atomic mass is 9.88. The van der Waals surface area contributed by atoms with Gasteiger partial charge >= 0.3 is 6.09 Å². The predicted octanol–water partition coefficient (Wildman–Crippen LogP) is 5.30. The molecule has 0 radical (unpaired) electrons. The summed E-state index contributed by atoms with van der Waals surface area (Å²) in [5, 5.41) is 5.85. The van der Waals surface area contributed by atoms with Crippen molar-refractivity contribution in [3.63, 3.8) is 0 Å². The second kappa shape index (κ2) is 12.2. The van der Waals surface area contributed by atoms with E-state index in [0.29, 0.717) is 30.3 Å². The highest BCUT2D eigenvalue weighted by Crippen LogP contribution is 2.45. The fraction of sp³-hybridized carbons (Fsp3) is 0.361. The SMILES string of the molecule is C=C[C@@H]1C[C@]1(NC(=O)[C@H]1CN(C(=O)OC(C)(C)C)C[C@@H]1CCc1cccc2ccccc12)C(=O)NS(=O)(=O)c1cccc2cc[nH]c12. The Hall–Kier alpha value is -4.64. The van der Waals surface area contributed by atoms with Gasteiger partial charge in [0.1, 0.15) is 16.0 Å². The van der Waals surface area contributed by atoms with E-state index in [1.165, 1.54) is 6.07 Å². The quantitative estimate of drug-likeness (QED) is 0.209. The third-order valence-corrected chi connectivity index (χ3v) is 10.6. The molecule has 6 rings (SSSR count). The van der Waals surface area contributed by atoms with Crippen molar-refractivity contribution in [1.29, 1.82) is 0 Å². The Kier molecular flexibility index (Phi) is 8.38. The molecule has 3 aromatic carbocycles. The fourth-order valence-electron chi connectivity index (χ4n) is 6.68. The molecule has 0 bridgehead atoms. The van der Waals surface area contributed by atoms with Gasteiger partial charge in [0, 0.05) is 30.6 Å². The van der Waals surface area contributed by atoms with Crippen LogP contribution in [0.25, 0.3) is 21.7 Å². The van der Waals surface area contributed by atoms with Crippen LogP contribution in [0.2, 0.25) is 0 Å². The van der Waals surface area contributed by atoms with Gasteiger partial charge in [-0.1, -0.05) is 60.7 Å². The average Bonchev–Trinajstić information content (AvgIpc) is 3.33. The Balaban J connectivity index is 1.23. The van der Waals surface area contributed by atoms with Crippen molar-refractivity contribution in [2.75, 3.05) is 13.1 Å². The topological polar surface area (TPSA) is 138 Å². The maximum Gasteiger partial charge on any atom is 0.410 e. The second-order valence-electron chi connectivity index (χ2n) is 13.6. The molecule has 0 spiro atoms. The van der Waals surface area contributed by atoms with Crippen molar-refractivity contribution in [2.24, 2.45) is 17.8 Å². The number of hydrogen-bond acceptors (Lipinski definition) is 6. The number of nitrogens with zero attached hydrogens (tertiary/aromatic N) is 1. The molecule has 1 aromatic heterocycles. The molecule has 2 heterocycles. The molecule has 246 valence electrons. The minimum absolute atomic E-state index is 0.0667. The first-order valence-corrected chi connectivity index (χ1v) is 17.3. The molecule has 1 aliphatic heterocycles. The molecule has 4 atom stereocenters. The first-order valence-electron chi connectivity index (χ1n) is 15.8. The van der Waals surface area contributed by atoms with Crippen LogP contribution in [0.3, 0.4) is 0 Å². The standard InChI is InChI=1S/C36H40N4O6S/c1-5-27-20-36(27,33(42)39-47(44,45)30-15-9-13-25-18-19-37-31(25)30)38-32(41)29-22-40(34(43)46-35(2,3)4)21-26(29)17-16-24-12-8-11-23-10-6-7-14-28(23)24/h5-15,18-19,26-27,29,37H,1,16-17,20-22H2,2-4H3,(H,38,41)(H,39,42)/t26-,27+,29-,36+/m0/s1. The second-order valence-corrected chi connectivity index (χ2v) is 15.2. The summed E-state index contributed by atoms with van der Waals surface area (Å²) >= 11 is 0. The van der Waals surface area contributed by atoms with Gasteiger partial charge in [0.2, 0.25) is 5.91 Å². The van der Waals surface area contributed by atoms with Crippen LogP contribution in [0.5, 0.6) is 0 Å². The molecular formula is C36H40N4O6S. The van der Waals surface area contributed by atoms with Crippen LogP contribution in [0, 0.1) is 17.8 Å². The first-order chi connectivity index (χ1) is 22.3. The maximum absolute atomic E-state index is 14.1. The molecule has 3 N–H and O–H groups in total. The number of carbonyl (C=O) groups excluding carboxylic acids is 3. The Morgan fingerprint density at radius 3 is 2.49 bits per heavy atom. The van der Waals surface area contributed by atoms with Crippen molar-refractivity contribution >= 4 is 49.6 Å². The van der Waals surface area contributed by atoms with Gasteiger partial charge in [-0.2, -0.15) is 0 Å². The van der Waals surface area contributed by atoms with Gasteiger partial charge in [0.25, 0.3) is 15.9 Å². The number of H-pyrrole nitrogens is 1. The first kappa shape index (κ1) is 32.3. The number of fused-ring (bicyclic) bond motifs is 2. The van der Waals surface area contributed by atoms with Crippen molar-refractivity contribution < 1.29 is 27.5 Å². The number of rotatable bonds is 9. The van der Waals surface area contributed by atoms with E-state index in [4.69, 9.17) is 4.74 Å². The van der Waals surface area contributed by atoms with Crippen LogP contribution in [-0.2, 0) is 30.8 Å². The lowest BCUT2D eigenvalue weighted by Crippen LogP contribution is -2.54. The zero-order valence-corrected chi connectivity index (χ0v) is 27.6. The number of aromatic amines is 1. The molecular weight excluding hydrogens is 616 g/mol. The number of aromatic nitrogens is 1. The molecule has 10 nitrogen and oxygen atoms in total. The highest BCUT2D eigenvalue weighted by atomic mass is 32.2. The van der Waals surface area contributed by atoms with E-state index in [1.807, 2.05) is 18.2 Å². The summed E-state index contributed by atoms with van der Waals surface area (Å²) in [5.41, 5.74) is -0.664. The van der Waals surface area contributed by atoms with Gasteiger partial charge < -0.3 is 19.9 Å². The zero-order chi connectivity index (χ0) is 33.6. The molecule has 3 amide bonds. The number of para-hydroxylation sites is 1. The maximum atomic E-state index is 14.1. The third kappa shape index (κ3) is 6.49. The molecule has 2 aliphatic rings. The van der Waals surface area contributed by atoms with Crippen LogP contribution in [0.4, 0.5) is 4.79 Å². The minimum Gasteiger partial charge on any atom is -0.444 e. The van der Waals surface area contributed by atoms with E-state index < -0.39 is 50.9 Å². The highest BCUT2D eigenvalue weighted by Gasteiger charge is 2.61. The number of hydrogen-bond donors (Lipinski definition) is 3. The van der Waals surface area contributed by atoms with Crippen LogP contribution < -0.4 is 10.0 Å². The zero-order valence-electron chi connectivity index (χ0n) is 26.8. The molecule has 4 aromatic rings. The number of benzene rings is 3. The van der Waals surface area contributed by atoms with E-state index in [0.717, 1.165) is 16.3 Å². The van der Waals surface area contributed by atoms with Crippen molar-refractivity contribution in [3.8, 4) is 0 Å². The minimum atomic E-state index is -4.28. The fourth-order valence-corrected chi connectivity index (χ4v) is 7.92. The van der Waals surface area contributed by atoms with E-state index in [2.05, 4.69) is 45.9 Å². The van der Waals surface area contributed by atoms with E-state index >= 15 is 0 Å². The molecule has 1 saturated carbocycles. The number of amides is 3. The van der Waals surface area contributed by atoms with Gasteiger partial charge in [-0.15, -0.1) is 6.58 Å². The van der Waals surface area contributed by atoms with E-state index in [-0.39, 0.29) is 23.8 Å². The lowest BCUT2D eigenvalue weighted by molar-refractivity contribution is -0.132. The summed E-state index contributed by atoms with van der Waals surface area (Å²) in [4.78, 5) is 45.3. The predicted molar refractivity (Wildman–Crippen MR) is 180 cm³/mol. The smallest absolute Gasteiger partial charge is 0.410 e. The summed E-state index contributed by atoms with van der Waals surface area (Å²) in [5.74, 6) is -2.56. The number of nitrogens with one attached hydrogen (secondary N) is 3. The Morgan fingerprint density at radius 2 is 1.74 bits per heavy atom. The third-order valence-electron chi connectivity index (χ3n) is 9.21. The summed E-state index contributed by atoms with van der Waals surface area (Å²) in [6.45, 7) is 9.61. The van der Waals surface area contributed by atoms with E-state index in [9.17, 15) is 22.8 Å². The van der Waals surface area contributed by atoms with Gasteiger partial charge in [-0.05, 0) is 74.4 Å². The number of aryl methyl sites for hydroxylation is 1. The Labute approximate surface area is 274 Å². The Morgan fingerprint density at radius 1 is 1.02 bits per heavy atom. The Bertz CT molecular complexity index is 1970. The van der Waals surface area contributed by atoms with Crippen molar-refractivity contribution in [1.82, 2.24) is 19.9 Å². The number of ether oxygens (including phenoxy) is 1. The van der Waals surface area contributed by atoms with Crippen LogP contribution in [0.1, 0.15) is 39.2 Å². The van der Waals surface area contributed by atoms with Gasteiger partial charge in [0.15, 0.2) is 0 Å². The molecule has 0 unspecified atom stereocenters. The van der Waals surface area contributed by atoms with Gasteiger partial charge in [-0.25, -0.2) is 17.9 Å². The number of carbonyl (C=O) groups is 3. The van der Waals surface area contributed by atoms with Crippen LogP contribution >= 0.6 is 0 Å². The summed E-state index contributed by atoms with van der Waals surface area (Å²) in [6, 6.07) is 20.8. The summed E-state index contributed by atoms with van der Waals surface area (Å²) in [7, 11) is -4.28. The normalized spacial score (nSPS) is 22.6. The molecule has 11 heteroatoms. The monoisotopic (exact) mass is 656 g/mol. The van der Waals surface area contributed by atoms with Gasteiger partial charge in [-0.3, -0.25) is 9.59 Å². The van der Waals surface area contributed by atoms with Crippen molar-refractivity contribution in [3.05, 3.63) is 91.1 Å². The lowest BCUT2D eigenvalue weighted by Gasteiger charge is -2.24. The number of sulfonamides is 1. The molecule has 2 fully saturated rings.